The summed E-state index contributed by atoms with van der Waals surface area (Å²) in [5, 5.41) is 8.82. The predicted octanol–water partition coefficient (Wildman–Crippen LogP) is 5.75. The third-order valence-corrected chi connectivity index (χ3v) is 5.94. The van der Waals surface area contributed by atoms with Crippen molar-refractivity contribution in [2.45, 2.75) is 13.0 Å². The van der Waals surface area contributed by atoms with Gasteiger partial charge < -0.3 is 16.0 Å². The lowest BCUT2D eigenvalue weighted by Crippen LogP contribution is -2.30. The van der Waals surface area contributed by atoms with Gasteiger partial charge in [0.15, 0.2) is 0 Å². The van der Waals surface area contributed by atoms with E-state index in [9.17, 15) is 18.8 Å². The van der Waals surface area contributed by atoms with Crippen molar-refractivity contribution in [2.24, 2.45) is 0 Å². The first-order chi connectivity index (χ1) is 18.9. The minimum atomic E-state index is -0.515. The van der Waals surface area contributed by atoms with Crippen LogP contribution in [0.2, 0.25) is 5.02 Å². The number of hydrogen-bond donors (Lipinski definition) is 3. The highest BCUT2D eigenvalue weighted by atomic mass is 35.5. The van der Waals surface area contributed by atoms with Crippen molar-refractivity contribution in [1.82, 2.24) is 10.6 Å². The second-order valence-corrected chi connectivity index (χ2v) is 9.10. The van der Waals surface area contributed by atoms with Crippen LogP contribution in [-0.4, -0.2) is 17.7 Å². The molecule has 0 saturated heterocycles. The molecule has 0 aliphatic rings. The molecule has 0 aromatic heterocycles. The van der Waals surface area contributed by atoms with Crippen LogP contribution >= 0.6 is 11.6 Å². The molecule has 4 aromatic rings. The molecule has 0 fully saturated rings. The highest BCUT2D eigenvalue weighted by Gasteiger charge is 2.15. The fourth-order valence-corrected chi connectivity index (χ4v) is 3.75. The smallest absolute Gasteiger partial charge is 0.272 e. The third-order valence-electron chi connectivity index (χ3n) is 5.69. The Morgan fingerprint density at radius 2 is 1.41 bits per heavy atom. The number of nitrogens with one attached hydrogen (secondary N) is 3. The first-order valence-electron chi connectivity index (χ1n) is 12.1. The highest BCUT2D eigenvalue weighted by molar-refractivity contribution is 6.30. The third kappa shape index (κ3) is 8.38. The molecule has 0 aliphatic carbocycles. The van der Waals surface area contributed by atoms with E-state index in [1.807, 2.05) is 0 Å². The number of carbonyl (C=O) groups is 3. The van der Waals surface area contributed by atoms with E-state index in [2.05, 4.69) is 16.0 Å². The van der Waals surface area contributed by atoms with E-state index in [0.717, 1.165) is 11.1 Å². The van der Waals surface area contributed by atoms with Gasteiger partial charge in [-0.2, -0.15) is 0 Å². The monoisotopic (exact) mass is 541 g/mol. The molecule has 0 aliphatic heterocycles. The summed E-state index contributed by atoms with van der Waals surface area (Å²) in [6.07, 6.45) is 1.70. The number of carbonyl (C=O) groups excluding carboxylic acids is 3. The molecule has 39 heavy (non-hydrogen) atoms. The van der Waals surface area contributed by atoms with Crippen molar-refractivity contribution in [1.29, 1.82) is 0 Å². The molecule has 0 saturated carbocycles. The van der Waals surface area contributed by atoms with Crippen molar-refractivity contribution in [3.8, 4) is 0 Å². The number of anilines is 1. The number of amides is 3. The van der Waals surface area contributed by atoms with Crippen molar-refractivity contribution < 1.29 is 18.8 Å². The van der Waals surface area contributed by atoms with Gasteiger partial charge in [0.05, 0.1) is 6.42 Å². The second kappa shape index (κ2) is 13.2. The maximum atomic E-state index is 13.1. The highest BCUT2D eigenvalue weighted by Crippen LogP contribution is 2.15. The van der Waals surface area contributed by atoms with Gasteiger partial charge in [0.1, 0.15) is 11.5 Å². The van der Waals surface area contributed by atoms with Gasteiger partial charge in [-0.25, -0.2) is 4.39 Å². The van der Waals surface area contributed by atoms with E-state index >= 15 is 0 Å². The van der Waals surface area contributed by atoms with Gasteiger partial charge in [-0.05, 0) is 71.3 Å². The summed E-state index contributed by atoms with van der Waals surface area (Å²) in [6, 6.07) is 28.2. The molecule has 8 heteroatoms. The van der Waals surface area contributed by atoms with Gasteiger partial charge in [-0.3, -0.25) is 14.4 Å². The SMILES string of the molecule is O=C(Cc1ccc(NC(=O)/C(=C/c2ccc(Cl)cc2)NC(=O)c2ccccc2)cc1)NCc1ccc(F)cc1. The topological polar surface area (TPSA) is 87.3 Å². The lowest BCUT2D eigenvalue weighted by Gasteiger charge is -2.12. The minimum absolute atomic E-state index is 0.0513. The molecule has 0 spiro atoms. The molecule has 6 nitrogen and oxygen atoms in total. The Kier molecular flexibility index (Phi) is 9.21. The Morgan fingerprint density at radius 3 is 2.08 bits per heavy atom. The lowest BCUT2D eigenvalue weighted by molar-refractivity contribution is -0.120. The van der Waals surface area contributed by atoms with Gasteiger partial charge >= 0.3 is 0 Å². The van der Waals surface area contributed by atoms with E-state index in [1.54, 1.807) is 97.1 Å². The molecule has 4 aromatic carbocycles. The number of rotatable bonds is 9. The summed E-state index contributed by atoms with van der Waals surface area (Å²) in [4.78, 5) is 38.2. The molecule has 0 atom stereocenters. The standard InChI is InChI=1S/C31H25ClFN3O3/c32-25-12-6-21(7-13-25)18-28(36-30(38)24-4-2-1-3-5-24)31(39)35-27-16-10-22(11-17-27)19-29(37)34-20-23-8-14-26(33)15-9-23/h1-18H,19-20H2,(H,34,37)(H,35,39)(H,36,38)/b28-18-. The van der Waals surface area contributed by atoms with Crippen LogP contribution < -0.4 is 16.0 Å². The van der Waals surface area contributed by atoms with Gasteiger partial charge in [-0.15, -0.1) is 0 Å². The maximum Gasteiger partial charge on any atom is 0.272 e. The van der Waals surface area contributed by atoms with Crippen LogP contribution in [0.4, 0.5) is 10.1 Å². The van der Waals surface area contributed by atoms with Crippen LogP contribution in [0.1, 0.15) is 27.0 Å². The van der Waals surface area contributed by atoms with Crippen LogP contribution in [0.25, 0.3) is 6.08 Å². The Bertz CT molecular complexity index is 1470. The van der Waals surface area contributed by atoms with Crippen molar-refractivity contribution in [2.75, 3.05) is 5.32 Å². The van der Waals surface area contributed by atoms with Crippen LogP contribution in [0.15, 0.2) is 109 Å². The molecule has 0 heterocycles. The normalized spacial score (nSPS) is 11.0. The quantitative estimate of drug-likeness (QED) is 0.236. The van der Waals surface area contributed by atoms with Crippen molar-refractivity contribution in [3.63, 3.8) is 0 Å². The molecule has 0 radical (unpaired) electrons. The van der Waals surface area contributed by atoms with E-state index in [4.69, 9.17) is 11.6 Å². The van der Waals surface area contributed by atoms with Crippen LogP contribution in [0.3, 0.4) is 0 Å². The number of benzene rings is 4. The zero-order valence-electron chi connectivity index (χ0n) is 20.8. The second-order valence-electron chi connectivity index (χ2n) is 8.66. The number of halogens is 2. The molecule has 4 rings (SSSR count). The first-order valence-corrected chi connectivity index (χ1v) is 12.5. The average molecular weight is 542 g/mol. The van der Waals surface area contributed by atoms with Crippen molar-refractivity contribution >= 4 is 41.1 Å². The predicted molar refractivity (Wildman–Crippen MR) is 150 cm³/mol. The fourth-order valence-electron chi connectivity index (χ4n) is 3.62. The maximum absolute atomic E-state index is 13.1. The summed E-state index contributed by atoms with van der Waals surface area (Å²) in [6.45, 7) is 0.296. The molecule has 3 amide bonds. The largest absolute Gasteiger partial charge is 0.352 e. The van der Waals surface area contributed by atoms with Crippen LogP contribution in [-0.2, 0) is 22.6 Å². The summed E-state index contributed by atoms with van der Waals surface area (Å²) in [7, 11) is 0. The van der Waals surface area contributed by atoms with Crippen LogP contribution in [0, 0.1) is 5.82 Å². The Labute approximate surface area is 230 Å². The van der Waals surface area contributed by atoms with Gasteiger partial charge in [0.2, 0.25) is 5.91 Å². The molecule has 3 N–H and O–H groups in total. The van der Waals surface area contributed by atoms with E-state index in [1.165, 1.54) is 12.1 Å². The lowest BCUT2D eigenvalue weighted by atomic mass is 10.1. The molecular weight excluding hydrogens is 517 g/mol. The molecule has 196 valence electrons. The summed E-state index contributed by atoms with van der Waals surface area (Å²) in [5.74, 6) is -1.46. The molecule has 0 bridgehead atoms. The van der Waals surface area contributed by atoms with E-state index in [-0.39, 0.29) is 23.8 Å². The Morgan fingerprint density at radius 1 is 0.769 bits per heavy atom. The number of hydrogen-bond acceptors (Lipinski definition) is 3. The first kappa shape index (κ1) is 27.3. The zero-order chi connectivity index (χ0) is 27.6. The Balaban J connectivity index is 1.40. The van der Waals surface area contributed by atoms with Gasteiger partial charge in [-0.1, -0.05) is 66.2 Å². The van der Waals surface area contributed by atoms with E-state index in [0.29, 0.717) is 28.4 Å². The van der Waals surface area contributed by atoms with E-state index < -0.39 is 11.8 Å². The van der Waals surface area contributed by atoms with Gasteiger partial charge in [0.25, 0.3) is 11.8 Å². The fraction of sp³-hybridized carbons (Fsp3) is 0.0645. The molecule has 0 unspecified atom stereocenters. The van der Waals surface area contributed by atoms with Gasteiger partial charge in [0, 0.05) is 22.8 Å². The summed E-state index contributed by atoms with van der Waals surface area (Å²) < 4.78 is 13.0. The average Bonchev–Trinajstić information content (AvgIpc) is 2.95. The summed E-state index contributed by atoms with van der Waals surface area (Å²) >= 11 is 5.97. The zero-order valence-corrected chi connectivity index (χ0v) is 21.5. The Hall–Kier alpha value is -4.75. The minimum Gasteiger partial charge on any atom is -0.352 e. The summed E-state index contributed by atoms with van der Waals surface area (Å²) in [5.41, 5.74) is 3.18. The molecular formula is C31H25ClFN3O3. The van der Waals surface area contributed by atoms with Crippen molar-refractivity contribution in [3.05, 3.63) is 142 Å². The van der Waals surface area contributed by atoms with Crippen LogP contribution in [0.5, 0.6) is 0 Å².